The summed E-state index contributed by atoms with van der Waals surface area (Å²) in [6.45, 7) is 12.8. The van der Waals surface area contributed by atoms with E-state index in [1.165, 1.54) is 5.56 Å². The van der Waals surface area contributed by atoms with Crippen LogP contribution in [-0.2, 0) is 15.8 Å². The Labute approximate surface area is 176 Å². The third kappa shape index (κ3) is 4.86. The molecule has 0 bridgehead atoms. The van der Waals surface area contributed by atoms with E-state index in [9.17, 15) is 9.90 Å². The van der Waals surface area contributed by atoms with Crippen LogP contribution in [0.15, 0.2) is 30.3 Å². The molecule has 3 unspecified atom stereocenters. The maximum atomic E-state index is 12.0. The largest absolute Gasteiger partial charge is 0.465 e. The highest BCUT2D eigenvalue weighted by Crippen LogP contribution is 2.51. The molecule has 1 aromatic rings. The quantitative estimate of drug-likeness (QED) is 0.617. The molecule has 1 heterocycles. The summed E-state index contributed by atoms with van der Waals surface area (Å²) < 4.78 is 12.6. The van der Waals surface area contributed by atoms with Crippen LogP contribution < -0.4 is 0 Å². The molecule has 1 saturated carbocycles. The highest BCUT2D eigenvalue weighted by Gasteiger charge is 2.53. The zero-order valence-corrected chi connectivity index (χ0v) is 19.6. The number of amides is 1. The smallest absolute Gasteiger partial charge is 0.407 e. The zero-order valence-electron chi connectivity index (χ0n) is 18.6. The Morgan fingerprint density at radius 1 is 1.21 bits per heavy atom. The van der Waals surface area contributed by atoms with E-state index in [4.69, 9.17) is 9.16 Å². The topological polar surface area (TPSA) is 59.0 Å². The Morgan fingerprint density at radius 2 is 1.86 bits per heavy atom. The first-order chi connectivity index (χ1) is 13.5. The van der Waals surface area contributed by atoms with Gasteiger partial charge in [-0.15, -0.1) is 0 Å². The minimum atomic E-state index is -1.89. The summed E-state index contributed by atoms with van der Waals surface area (Å²) in [5.74, 6) is 0. The number of benzene rings is 1. The van der Waals surface area contributed by atoms with Gasteiger partial charge in [0.05, 0.1) is 25.4 Å². The number of carboxylic acid groups (broad SMARTS) is 1. The van der Waals surface area contributed by atoms with Crippen molar-refractivity contribution < 1.29 is 19.1 Å². The Balaban J connectivity index is 1.60. The third-order valence-electron chi connectivity index (χ3n) is 7.47. The molecule has 6 heteroatoms. The van der Waals surface area contributed by atoms with E-state index in [0.29, 0.717) is 19.8 Å². The second-order valence-corrected chi connectivity index (χ2v) is 15.2. The predicted octanol–water partition coefficient (Wildman–Crippen LogP) is 5.52. The summed E-state index contributed by atoms with van der Waals surface area (Å²) in [6.07, 6.45) is 3.25. The van der Waals surface area contributed by atoms with Crippen LogP contribution in [0, 0.1) is 5.41 Å². The highest BCUT2D eigenvalue weighted by atomic mass is 28.4. The van der Waals surface area contributed by atoms with Crippen LogP contribution in [0.4, 0.5) is 4.79 Å². The molecule has 2 fully saturated rings. The Hall–Kier alpha value is -1.37. The molecule has 1 aliphatic heterocycles. The maximum absolute atomic E-state index is 12.0. The molecule has 3 rings (SSSR count). The fourth-order valence-corrected chi connectivity index (χ4v) is 5.29. The molecule has 162 valence electrons. The number of piperidine rings is 1. The molecule has 1 spiro atoms. The molecule has 3 atom stereocenters. The zero-order chi connectivity index (χ0) is 21.3. The molecule has 2 aliphatic rings. The summed E-state index contributed by atoms with van der Waals surface area (Å²) in [5.41, 5.74) is 1.14. The van der Waals surface area contributed by atoms with Crippen molar-refractivity contribution in [1.29, 1.82) is 0 Å². The molecule has 0 radical (unpaired) electrons. The first-order valence-corrected chi connectivity index (χ1v) is 13.7. The monoisotopic (exact) mass is 419 g/mol. The van der Waals surface area contributed by atoms with Crippen LogP contribution in [0.5, 0.6) is 0 Å². The van der Waals surface area contributed by atoms with Crippen LogP contribution in [0.2, 0.25) is 18.1 Å². The SMILES string of the molecule is CC(C)(C)[Si](C)(C)OCC1CCC2(CCC2OCc2ccccc2)CN1C(=O)O. The lowest BCUT2D eigenvalue weighted by Gasteiger charge is -2.55. The van der Waals surface area contributed by atoms with Crippen LogP contribution >= 0.6 is 0 Å². The fraction of sp³-hybridized carbons (Fsp3) is 0.696. The van der Waals surface area contributed by atoms with E-state index in [-0.39, 0.29) is 22.6 Å². The first kappa shape index (κ1) is 22.3. The molecule has 5 nitrogen and oxygen atoms in total. The van der Waals surface area contributed by atoms with Crippen LogP contribution in [0.1, 0.15) is 52.0 Å². The average Bonchev–Trinajstić information content (AvgIpc) is 2.65. The summed E-state index contributed by atoms with van der Waals surface area (Å²) >= 11 is 0. The Morgan fingerprint density at radius 3 is 2.41 bits per heavy atom. The van der Waals surface area contributed by atoms with E-state index < -0.39 is 14.4 Å². The van der Waals surface area contributed by atoms with Gasteiger partial charge in [-0.25, -0.2) is 4.79 Å². The van der Waals surface area contributed by atoms with Gasteiger partial charge in [0.1, 0.15) is 0 Å². The molecular formula is C23H37NO4Si. The lowest BCUT2D eigenvalue weighted by molar-refractivity contribution is -0.151. The van der Waals surface area contributed by atoms with E-state index >= 15 is 0 Å². The average molecular weight is 420 g/mol. The number of carbonyl (C=O) groups is 1. The van der Waals surface area contributed by atoms with Gasteiger partial charge in [-0.05, 0) is 49.4 Å². The summed E-state index contributed by atoms with van der Waals surface area (Å²) in [4.78, 5) is 13.7. The van der Waals surface area contributed by atoms with Crippen LogP contribution in [0.25, 0.3) is 0 Å². The molecule has 1 saturated heterocycles. The van der Waals surface area contributed by atoms with Crippen molar-refractivity contribution in [2.24, 2.45) is 5.41 Å². The van der Waals surface area contributed by atoms with Crippen molar-refractivity contribution in [1.82, 2.24) is 4.90 Å². The minimum absolute atomic E-state index is 0.0271. The predicted molar refractivity (Wildman–Crippen MR) is 118 cm³/mol. The highest BCUT2D eigenvalue weighted by molar-refractivity contribution is 6.74. The first-order valence-electron chi connectivity index (χ1n) is 10.8. The molecule has 1 amide bonds. The number of likely N-dealkylation sites (tertiary alicyclic amines) is 1. The normalized spacial score (nSPS) is 27.7. The maximum Gasteiger partial charge on any atom is 0.407 e. The van der Waals surface area contributed by atoms with Gasteiger partial charge in [-0.1, -0.05) is 51.1 Å². The van der Waals surface area contributed by atoms with Crippen molar-refractivity contribution in [3.05, 3.63) is 35.9 Å². The van der Waals surface area contributed by atoms with Crippen molar-refractivity contribution in [2.45, 2.75) is 83.3 Å². The molecule has 29 heavy (non-hydrogen) atoms. The van der Waals surface area contributed by atoms with Crippen LogP contribution in [-0.4, -0.2) is 49.7 Å². The van der Waals surface area contributed by atoms with Gasteiger partial charge in [0, 0.05) is 12.0 Å². The molecule has 1 aromatic carbocycles. The van der Waals surface area contributed by atoms with Gasteiger partial charge in [0.2, 0.25) is 0 Å². The van der Waals surface area contributed by atoms with E-state index in [2.05, 4.69) is 46.0 Å². The third-order valence-corrected chi connectivity index (χ3v) is 12.0. The number of rotatable bonds is 6. The minimum Gasteiger partial charge on any atom is -0.465 e. The Bertz CT molecular complexity index is 703. The van der Waals surface area contributed by atoms with Gasteiger partial charge < -0.3 is 19.2 Å². The van der Waals surface area contributed by atoms with Gasteiger partial charge in [0.25, 0.3) is 0 Å². The van der Waals surface area contributed by atoms with Gasteiger partial charge in [0.15, 0.2) is 8.32 Å². The van der Waals surface area contributed by atoms with E-state index in [1.54, 1.807) is 4.90 Å². The van der Waals surface area contributed by atoms with E-state index in [1.807, 2.05) is 18.2 Å². The van der Waals surface area contributed by atoms with Crippen molar-refractivity contribution in [2.75, 3.05) is 13.2 Å². The van der Waals surface area contributed by atoms with Gasteiger partial charge in [-0.3, -0.25) is 0 Å². The number of ether oxygens (including phenoxy) is 1. The number of nitrogens with zero attached hydrogens (tertiary/aromatic N) is 1. The molecule has 0 aromatic heterocycles. The fourth-order valence-electron chi connectivity index (χ4n) is 4.24. The molecule has 1 N–H and O–H groups in total. The number of hydrogen-bond donors (Lipinski definition) is 1. The van der Waals surface area contributed by atoms with Crippen LogP contribution in [0.3, 0.4) is 0 Å². The summed E-state index contributed by atoms with van der Waals surface area (Å²) in [5, 5.41) is 10.0. The van der Waals surface area contributed by atoms with Crippen molar-refractivity contribution in [3.8, 4) is 0 Å². The standard InChI is InChI=1S/C23H37NO4Si/c1-22(2,3)29(4,5)28-16-19-11-13-23(17-24(19)21(25)26)14-12-20(23)27-15-18-9-7-6-8-10-18/h6-10,19-20H,11-17H2,1-5H3,(H,25,26). The lowest BCUT2D eigenvalue weighted by atomic mass is 9.61. The summed E-state index contributed by atoms with van der Waals surface area (Å²) in [7, 11) is -1.89. The van der Waals surface area contributed by atoms with Gasteiger partial charge in [-0.2, -0.15) is 0 Å². The Kier molecular flexibility index (Phi) is 6.46. The summed E-state index contributed by atoms with van der Waals surface area (Å²) in [6, 6.07) is 10.1. The second kappa shape index (κ2) is 8.40. The lowest BCUT2D eigenvalue weighted by Crippen LogP contribution is -2.61. The molecular weight excluding hydrogens is 382 g/mol. The van der Waals surface area contributed by atoms with Crippen molar-refractivity contribution in [3.63, 3.8) is 0 Å². The van der Waals surface area contributed by atoms with Gasteiger partial charge >= 0.3 is 6.09 Å². The van der Waals surface area contributed by atoms with E-state index in [0.717, 1.165) is 25.7 Å². The number of hydrogen-bond acceptors (Lipinski definition) is 3. The molecule has 1 aliphatic carbocycles. The second-order valence-electron chi connectivity index (χ2n) is 10.4. The van der Waals surface area contributed by atoms with Crippen molar-refractivity contribution >= 4 is 14.4 Å².